The number of aliphatic hydroxyl groups excluding tert-OH is 2. The largest absolute Gasteiger partial charge is 0.394 e. The van der Waals surface area contributed by atoms with Crippen LogP contribution in [0.15, 0.2) is 22.3 Å². The van der Waals surface area contributed by atoms with Gasteiger partial charge in [-0.3, -0.25) is 4.79 Å². The molecule has 2 N–H and O–H groups in total. The number of carbonyl (C=O) groups is 1. The number of carbonyl (C=O) groups excluding carboxylic acids is 1. The van der Waals surface area contributed by atoms with Crippen molar-refractivity contribution >= 4 is 29.3 Å². The summed E-state index contributed by atoms with van der Waals surface area (Å²) in [6.07, 6.45) is -0.673. The van der Waals surface area contributed by atoms with Crippen molar-refractivity contribution in [2.75, 3.05) is 26.8 Å². The molecule has 0 bridgehead atoms. The fourth-order valence-electron chi connectivity index (χ4n) is 3.06. The van der Waals surface area contributed by atoms with E-state index < -0.39 is 36.4 Å². The van der Waals surface area contributed by atoms with E-state index in [9.17, 15) is 15.0 Å². The normalized spacial score (nSPS) is 29.7. The molecule has 0 radical (unpaired) electrons. The SMILES string of the molecule is COC1[C@@H](Sc2cc(Cl)cnc2C(=O)N2CCC2)OC(CO)[C@H](O)[C@@H]1N=[N+]=[N-]. The van der Waals surface area contributed by atoms with Crippen molar-refractivity contribution < 1.29 is 24.5 Å². The average Bonchev–Trinajstić information content (AvgIpc) is 2.63. The van der Waals surface area contributed by atoms with Crippen molar-refractivity contribution in [3.63, 3.8) is 0 Å². The molecule has 1 amide bonds. The summed E-state index contributed by atoms with van der Waals surface area (Å²) in [5.74, 6) is -0.208. The maximum absolute atomic E-state index is 12.7. The molecule has 3 heterocycles. The van der Waals surface area contributed by atoms with Gasteiger partial charge in [0.1, 0.15) is 23.3 Å². The second-order valence-corrected chi connectivity index (χ2v) is 7.95. The molecule has 28 heavy (non-hydrogen) atoms. The Labute approximate surface area is 170 Å². The van der Waals surface area contributed by atoms with Crippen molar-refractivity contribution in [3.8, 4) is 0 Å². The van der Waals surface area contributed by atoms with E-state index in [1.165, 1.54) is 13.3 Å². The summed E-state index contributed by atoms with van der Waals surface area (Å²) in [5.41, 5.74) is 8.30. The zero-order valence-corrected chi connectivity index (χ0v) is 16.6. The highest BCUT2D eigenvalue weighted by molar-refractivity contribution is 8.00. The first kappa shape index (κ1) is 21.1. The number of rotatable bonds is 6. The van der Waals surface area contributed by atoms with Crippen LogP contribution in [0.5, 0.6) is 0 Å². The summed E-state index contributed by atoms with van der Waals surface area (Å²) in [6, 6.07) is 0.629. The lowest BCUT2D eigenvalue weighted by molar-refractivity contribution is -0.167. The number of amides is 1. The third-order valence-electron chi connectivity index (χ3n) is 4.69. The molecule has 2 aliphatic rings. The van der Waals surface area contributed by atoms with Gasteiger partial charge in [0.25, 0.3) is 5.91 Å². The van der Waals surface area contributed by atoms with Gasteiger partial charge in [-0.25, -0.2) is 4.98 Å². The molecule has 2 aliphatic heterocycles. The topological polar surface area (TPSA) is 141 Å². The molecule has 1 aromatic rings. The average molecular weight is 430 g/mol. The highest BCUT2D eigenvalue weighted by Gasteiger charge is 2.46. The number of thioether (sulfide) groups is 1. The Hall–Kier alpha value is -1.59. The third-order valence-corrected chi connectivity index (χ3v) is 6.07. The number of azide groups is 1. The molecule has 0 aromatic carbocycles. The number of methoxy groups -OCH3 is 1. The van der Waals surface area contributed by atoms with Gasteiger partial charge in [0, 0.05) is 36.2 Å². The van der Waals surface area contributed by atoms with Gasteiger partial charge in [0.05, 0.1) is 23.8 Å². The molecule has 3 rings (SSSR count). The molecule has 12 heteroatoms. The lowest BCUT2D eigenvalue weighted by atomic mass is 9.98. The van der Waals surface area contributed by atoms with E-state index in [-0.39, 0.29) is 11.6 Å². The molecule has 5 atom stereocenters. The number of pyridine rings is 1. The summed E-state index contributed by atoms with van der Waals surface area (Å²) in [4.78, 5) is 21.8. The molecular formula is C16H20ClN5O5S. The van der Waals surface area contributed by atoms with Crippen LogP contribution in [0.2, 0.25) is 5.02 Å². The van der Waals surface area contributed by atoms with E-state index in [0.717, 1.165) is 18.2 Å². The van der Waals surface area contributed by atoms with Gasteiger partial charge in [0.2, 0.25) is 0 Å². The Balaban J connectivity index is 1.91. The second-order valence-electron chi connectivity index (χ2n) is 6.38. The molecule has 152 valence electrons. The Morgan fingerprint density at radius 3 is 2.93 bits per heavy atom. The standard InChI is InChI=1S/C16H20ClN5O5S/c1-26-14-12(20-21-18)13(24)9(7-23)27-16(14)28-10-5-8(17)6-19-11(10)15(25)22-3-2-4-22/h5-6,9,12-14,16,23-24H,2-4,7H2,1H3/t9?,12-,13-,14?,16+/m0/s1. The first-order valence-electron chi connectivity index (χ1n) is 8.63. The zero-order valence-electron chi connectivity index (χ0n) is 15.0. The van der Waals surface area contributed by atoms with Gasteiger partial charge in [-0.2, -0.15) is 0 Å². The Morgan fingerprint density at radius 1 is 1.61 bits per heavy atom. The molecule has 0 saturated carbocycles. The maximum Gasteiger partial charge on any atom is 0.273 e. The van der Waals surface area contributed by atoms with Crippen LogP contribution in [0.1, 0.15) is 16.9 Å². The van der Waals surface area contributed by atoms with Crippen LogP contribution in [0.3, 0.4) is 0 Å². The van der Waals surface area contributed by atoms with Crippen LogP contribution in [0.4, 0.5) is 0 Å². The summed E-state index contributed by atoms with van der Waals surface area (Å²) in [6.45, 7) is 0.872. The van der Waals surface area contributed by atoms with E-state index in [1.807, 2.05) is 0 Å². The van der Waals surface area contributed by atoms with E-state index in [0.29, 0.717) is 23.0 Å². The van der Waals surface area contributed by atoms with E-state index in [4.69, 9.17) is 26.6 Å². The number of ether oxygens (including phenoxy) is 2. The number of halogens is 1. The lowest BCUT2D eigenvalue weighted by Crippen LogP contribution is -2.57. The van der Waals surface area contributed by atoms with Crippen LogP contribution in [-0.4, -0.2) is 82.6 Å². The number of aromatic nitrogens is 1. The molecule has 2 fully saturated rings. The van der Waals surface area contributed by atoms with Crippen LogP contribution in [-0.2, 0) is 9.47 Å². The van der Waals surface area contributed by atoms with Gasteiger partial charge in [-0.1, -0.05) is 28.5 Å². The predicted molar refractivity (Wildman–Crippen MR) is 101 cm³/mol. The van der Waals surface area contributed by atoms with Crippen molar-refractivity contribution in [3.05, 3.63) is 33.4 Å². The number of hydrogen-bond donors (Lipinski definition) is 2. The first-order chi connectivity index (χ1) is 13.5. The van der Waals surface area contributed by atoms with E-state index in [1.54, 1.807) is 11.0 Å². The number of likely N-dealkylation sites (tertiary alicyclic amines) is 1. The van der Waals surface area contributed by atoms with Gasteiger partial charge < -0.3 is 24.6 Å². The fraction of sp³-hybridized carbons (Fsp3) is 0.625. The van der Waals surface area contributed by atoms with Crippen LogP contribution >= 0.6 is 23.4 Å². The van der Waals surface area contributed by atoms with E-state index >= 15 is 0 Å². The van der Waals surface area contributed by atoms with Crippen molar-refractivity contribution in [2.24, 2.45) is 5.11 Å². The van der Waals surface area contributed by atoms with Gasteiger partial charge >= 0.3 is 0 Å². The summed E-state index contributed by atoms with van der Waals surface area (Å²) in [7, 11) is 1.40. The quantitative estimate of drug-likeness (QED) is 0.396. The third kappa shape index (κ3) is 4.20. The smallest absolute Gasteiger partial charge is 0.273 e. The van der Waals surface area contributed by atoms with Crippen LogP contribution in [0.25, 0.3) is 10.4 Å². The Morgan fingerprint density at radius 2 is 2.36 bits per heavy atom. The second kappa shape index (κ2) is 9.27. The van der Waals surface area contributed by atoms with Crippen molar-refractivity contribution in [1.82, 2.24) is 9.88 Å². The number of nitrogens with zero attached hydrogens (tertiary/aromatic N) is 5. The maximum atomic E-state index is 12.7. The first-order valence-corrected chi connectivity index (χ1v) is 9.88. The molecule has 10 nitrogen and oxygen atoms in total. The fourth-order valence-corrected chi connectivity index (χ4v) is 4.58. The highest BCUT2D eigenvalue weighted by Crippen LogP contribution is 2.38. The zero-order chi connectivity index (χ0) is 20.3. The molecule has 0 spiro atoms. The van der Waals surface area contributed by atoms with Gasteiger partial charge in [-0.05, 0) is 18.0 Å². The molecular weight excluding hydrogens is 410 g/mol. The summed E-state index contributed by atoms with van der Waals surface area (Å²) in [5, 5.41) is 23.8. The van der Waals surface area contributed by atoms with E-state index in [2.05, 4.69) is 15.0 Å². The van der Waals surface area contributed by atoms with Gasteiger partial charge in [0.15, 0.2) is 0 Å². The Bertz CT molecular complexity index is 776. The summed E-state index contributed by atoms with van der Waals surface area (Å²) < 4.78 is 11.2. The molecule has 2 saturated heterocycles. The lowest BCUT2D eigenvalue weighted by Gasteiger charge is -2.41. The molecule has 0 aliphatic carbocycles. The molecule has 2 unspecified atom stereocenters. The van der Waals surface area contributed by atoms with Crippen molar-refractivity contribution in [2.45, 2.75) is 41.1 Å². The summed E-state index contributed by atoms with van der Waals surface area (Å²) >= 11 is 7.20. The highest BCUT2D eigenvalue weighted by atomic mass is 35.5. The minimum absolute atomic E-state index is 0.208. The van der Waals surface area contributed by atoms with Crippen LogP contribution < -0.4 is 0 Å². The Kier molecular flexibility index (Phi) is 7.00. The van der Waals surface area contributed by atoms with Crippen molar-refractivity contribution in [1.29, 1.82) is 0 Å². The number of aliphatic hydroxyl groups is 2. The van der Waals surface area contributed by atoms with Gasteiger partial charge in [-0.15, -0.1) is 0 Å². The van der Waals surface area contributed by atoms with Crippen LogP contribution in [0, 0.1) is 0 Å². The minimum atomic E-state index is -1.23. The minimum Gasteiger partial charge on any atom is -0.394 e. The number of hydrogen-bond acceptors (Lipinski definition) is 8. The molecule has 1 aromatic heterocycles. The predicted octanol–water partition coefficient (Wildman–Crippen LogP) is 1.44. The monoisotopic (exact) mass is 429 g/mol.